The first-order valence-corrected chi connectivity index (χ1v) is 6.98. The Morgan fingerprint density at radius 1 is 1.28 bits per heavy atom. The second-order valence-electron chi connectivity index (χ2n) is 5.83. The van der Waals surface area contributed by atoms with Gasteiger partial charge in [0.1, 0.15) is 0 Å². The number of aromatic amines is 1. The van der Waals surface area contributed by atoms with Crippen LogP contribution in [0.15, 0.2) is 6.20 Å². The fraction of sp³-hybridized carbons (Fsp3) is 0.769. The predicted octanol–water partition coefficient (Wildman–Crippen LogP) is 2.18. The van der Waals surface area contributed by atoms with Gasteiger partial charge in [-0.3, -0.25) is 4.90 Å². The zero-order valence-corrected chi connectivity index (χ0v) is 12.3. The molecule has 0 aromatic carbocycles. The van der Waals surface area contributed by atoms with Crippen molar-refractivity contribution in [1.82, 2.24) is 14.5 Å². The number of ether oxygens (including phenoxy) is 1. The van der Waals surface area contributed by atoms with Crippen LogP contribution in [-0.4, -0.2) is 47.3 Å². The second-order valence-corrected chi connectivity index (χ2v) is 6.22. The van der Waals surface area contributed by atoms with E-state index in [1.807, 2.05) is 6.20 Å². The van der Waals surface area contributed by atoms with Crippen molar-refractivity contribution in [3.05, 3.63) is 16.7 Å². The summed E-state index contributed by atoms with van der Waals surface area (Å²) in [6.07, 6.45) is 2.04. The number of morpholine rings is 1. The van der Waals surface area contributed by atoms with Crippen LogP contribution in [0, 0.1) is 4.77 Å². The maximum absolute atomic E-state index is 5.37. The average molecular weight is 269 g/mol. The zero-order chi connectivity index (χ0) is 13.2. The number of nitrogens with zero attached hydrogens (tertiary/aromatic N) is 2. The maximum Gasteiger partial charge on any atom is 0.177 e. The molecule has 4 nitrogen and oxygen atoms in total. The van der Waals surface area contributed by atoms with E-state index in [0.717, 1.165) is 44.2 Å². The number of nitrogens with one attached hydrogen (secondary N) is 1. The number of hydrogen-bond donors (Lipinski definition) is 1. The summed E-state index contributed by atoms with van der Waals surface area (Å²) in [6, 6.07) is 0. The van der Waals surface area contributed by atoms with Crippen molar-refractivity contribution in [1.29, 1.82) is 0 Å². The minimum absolute atomic E-state index is 0.124. The summed E-state index contributed by atoms with van der Waals surface area (Å²) in [6.45, 7) is 12.4. The minimum atomic E-state index is 0.124. The normalized spacial score (nSPS) is 18.2. The van der Waals surface area contributed by atoms with Crippen molar-refractivity contribution >= 4 is 12.2 Å². The van der Waals surface area contributed by atoms with Crippen LogP contribution in [-0.2, 0) is 16.7 Å². The molecule has 18 heavy (non-hydrogen) atoms. The summed E-state index contributed by atoms with van der Waals surface area (Å²) in [7, 11) is 0. The number of hydrogen-bond acceptors (Lipinski definition) is 3. The third-order valence-corrected chi connectivity index (χ3v) is 3.72. The van der Waals surface area contributed by atoms with Crippen LogP contribution in [0.2, 0.25) is 0 Å². The third-order valence-electron chi connectivity index (χ3n) is 3.38. The molecule has 2 rings (SSSR count). The van der Waals surface area contributed by atoms with E-state index in [1.54, 1.807) is 0 Å². The first-order valence-electron chi connectivity index (χ1n) is 6.57. The molecule has 0 unspecified atom stereocenters. The van der Waals surface area contributed by atoms with E-state index >= 15 is 0 Å². The van der Waals surface area contributed by atoms with Crippen LogP contribution in [0.3, 0.4) is 0 Å². The van der Waals surface area contributed by atoms with Crippen molar-refractivity contribution < 1.29 is 4.74 Å². The highest BCUT2D eigenvalue weighted by Gasteiger charge is 2.19. The van der Waals surface area contributed by atoms with Crippen LogP contribution in [0.5, 0.6) is 0 Å². The molecule has 1 aromatic heterocycles. The Kier molecular flexibility index (Phi) is 4.25. The van der Waals surface area contributed by atoms with E-state index < -0.39 is 0 Å². The molecule has 2 heterocycles. The van der Waals surface area contributed by atoms with Crippen molar-refractivity contribution in [3.8, 4) is 0 Å². The van der Waals surface area contributed by atoms with E-state index in [2.05, 4.69) is 35.2 Å². The van der Waals surface area contributed by atoms with Gasteiger partial charge in [0.2, 0.25) is 0 Å². The first-order chi connectivity index (χ1) is 8.48. The maximum atomic E-state index is 5.37. The summed E-state index contributed by atoms with van der Waals surface area (Å²) < 4.78 is 8.42. The Labute approximate surface area is 114 Å². The van der Waals surface area contributed by atoms with Crippen molar-refractivity contribution in [2.45, 2.75) is 32.7 Å². The van der Waals surface area contributed by atoms with Gasteiger partial charge >= 0.3 is 0 Å². The van der Waals surface area contributed by atoms with Gasteiger partial charge in [-0.2, -0.15) is 0 Å². The zero-order valence-electron chi connectivity index (χ0n) is 11.5. The Bertz CT molecular complexity index is 438. The van der Waals surface area contributed by atoms with Gasteiger partial charge in [0.15, 0.2) is 4.77 Å². The lowest BCUT2D eigenvalue weighted by Gasteiger charge is -2.28. The number of rotatable bonds is 3. The average Bonchev–Trinajstić information content (AvgIpc) is 2.69. The largest absolute Gasteiger partial charge is 0.379 e. The molecule has 102 valence electrons. The molecule has 1 aliphatic rings. The lowest BCUT2D eigenvalue weighted by molar-refractivity contribution is 0.0362. The summed E-state index contributed by atoms with van der Waals surface area (Å²) in [5.74, 6) is 0. The molecule has 0 atom stereocenters. The van der Waals surface area contributed by atoms with Crippen LogP contribution in [0.25, 0.3) is 0 Å². The molecular weight excluding hydrogens is 246 g/mol. The van der Waals surface area contributed by atoms with Crippen LogP contribution in [0.4, 0.5) is 0 Å². The molecule has 1 N–H and O–H groups in total. The summed E-state index contributed by atoms with van der Waals surface area (Å²) >= 11 is 5.37. The number of aromatic nitrogens is 2. The molecule has 1 aliphatic heterocycles. The quantitative estimate of drug-likeness (QED) is 0.854. The monoisotopic (exact) mass is 269 g/mol. The lowest BCUT2D eigenvalue weighted by Crippen LogP contribution is -2.38. The van der Waals surface area contributed by atoms with E-state index in [0.29, 0.717) is 0 Å². The van der Waals surface area contributed by atoms with Gasteiger partial charge in [-0.15, -0.1) is 0 Å². The molecular formula is C13H23N3OS. The summed E-state index contributed by atoms with van der Waals surface area (Å²) in [5.41, 5.74) is 1.40. The first kappa shape index (κ1) is 13.8. The summed E-state index contributed by atoms with van der Waals surface area (Å²) in [5, 5.41) is 0. The van der Waals surface area contributed by atoms with Crippen LogP contribution in [0.1, 0.15) is 26.5 Å². The Hall–Kier alpha value is -0.650. The van der Waals surface area contributed by atoms with Gasteiger partial charge in [0.05, 0.1) is 13.2 Å². The van der Waals surface area contributed by atoms with Gasteiger partial charge in [-0.05, 0) is 12.2 Å². The fourth-order valence-corrected chi connectivity index (χ4v) is 2.55. The molecule has 1 fully saturated rings. The second kappa shape index (κ2) is 5.55. The van der Waals surface area contributed by atoms with E-state index in [-0.39, 0.29) is 5.41 Å². The van der Waals surface area contributed by atoms with Gasteiger partial charge in [-0.25, -0.2) is 0 Å². The smallest absolute Gasteiger partial charge is 0.177 e. The molecule has 5 heteroatoms. The summed E-state index contributed by atoms with van der Waals surface area (Å²) in [4.78, 5) is 5.60. The SMILES string of the molecule is CC(C)(C)c1c[nH]c(=S)n1CCN1CCOCC1. The Balaban J connectivity index is 2.04. The Morgan fingerprint density at radius 3 is 2.56 bits per heavy atom. The van der Waals surface area contributed by atoms with Crippen molar-refractivity contribution in [2.75, 3.05) is 32.8 Å². The molecule has 0 radical (unpaired) electrons. The van der Waals surface area contributed by atoms with Crippen LogP contribution < -0.4 is 0 Å². The Morgan fingerprint density at radius 2 is 1.94 bits per heavy atom. The lowest BCUT2D eigenvalue weighted by atomic mass is 9.92. The van der Waals surface area contributed by atoms with Gasteiger partial charge < -0.3 is 14.3 Å². The number of imidazole rings is 1. The molecule has 1 saturated heterocycles. The highest BCUT2D eigenvalue weighted by Crippen LogP contribution is 2.22. The topological polar surface area (TPSA) is 33.2 Å². The molecule has 0 bridgehead atoms. The molecule has 1 aromatic rings. The predicted molar refractivity (Wildman–Crippen MR) is 75.6 cm³/mol. The third kappa shape index (κ3) is 3.22. The van der Waals surface area contributed by atoms with Gasteiger partial charge in [0.25, 0.3) is 0 Å². The molecule has 0 spiro atoms. The van der Waals surface area contributed by atoms with Crippen molar-refractivity contribution in [3.63, 3.8) is 0 Å². The van der Waals surface area contributed by atoms with Gasteiger partial charge in [0, 0.05) is 43.5 Å². The molecule has 0 aliphatic carbocycles. The molecule has 0 amide bonds. The fourth-order valence-electron chi connectivity index (χ4n) is 2.30. The van der Waals surface area contributed by atoms with Gasteiger partial charge in [-0.1, -0.05) is 20.8 Å². The van der Waals surface area contributed by atoms with E-state index in [1.165, 1.54) is 5.69 Å². The highest BCUT2D eigenvalue weighted by molar-refractivity contribution is 7.71. The number of H-pyrrole nitrogens is 1. The van der Waals surface area contributed by atoms with Crippen molar-refractivity contribution in [2.24, 2.45) is 0 Å². The highest BCUT2D eigenvalue weighted by atomic mass is 32.1. The van der Waals surface area contributed by atoms with Crippen LogP contribution >= 0.6 is 12.2 Å². The van der Waals surface area contributed by atoms with E-state index in [4.69, 9.17) is 17.0 Å². The standard InChI is InChI=1S/C13H23N3OS/c1-13(2,3)11-10-14-12(18)16(11)5-4-15-6-8-17-9-7-15/h10H,4-9H2,1-3H3,(H,14,18). The van der Waals surface area contributed by atoms with E-state index in [9.17, 15) is 0 Å². The minimum Gasteiger partial charge on any atom is -0.379 e. The molecule has 0 saturated carbocycles.